The predicted molar refractivity (Wildman–Crippen MR) is 97.8 cm³/mol. The smallest absolute Gasteiger partial charge is 0.360 e. The molecule has 26 heavy (non-hydrogen) atoms. The Morgan fingerprint density at radius 3 is 2.65 bits per heavy atom. The highest BCUT2D eigenvalue weighted by Gasteiger charge is 2.36. The topological polar surface area (TPSA) is 100 Å². The fourth-order valence-corrected chi connectivity index (χ4v) is 2.10. The zero-order valence-electron chi connectivity index (χ0n) is 16.0. The van der Waals surface area contributed by atoms with Crippen molar-refractivity contribution in [3.05, 3.63) is 30.4 Å². The summed E-state index contributed by atoms with van der Waals surface area (Å²) in [6, 6.07) is 1.73. The number of ether oxygens (including phenoxy) is 2. The van der Waals surface area contributed by atoms with E-state index in [9.17, 15) is 4.79 Å². The number of aromatic nitrogens is 2. The van der Waals surface area contributed by atoms with Gasteiger partial charge >= 0.3 is 5.97 Å². The van der Waals surface area contributed by atoms with Crippen LogP contribution < -0.4 is 10.5 Å². The molecule has 0 unspecified atom stereocenters. The SMILES string of the molecule is CCOC(=O)c1coc(-c2ccncc2OCC(C)(C)C(C)(C)CN)n1. The molecule has 0 aliphatic rings. The fourth-order valence-electron chi connectivity index (χ4n) is 2.10. The summed E-state index contributed by atoms with van der Waals surface area (Å²) >= 11 is 0. The summed E-state index contributed by atoms with van der Waals surface area (Å²) in [6.07, 6.45) is 4.50. The van der Waals surface area contributed by atoms with Gasteiger partial charge in [0.15, 0.2) is 5.69 Å². The standard InChI is InChI=1S/C19H27N3O4/c1-6-24-17(23)14-10-25-16(22-14)13-7-8-21-9-15(13)26-12-19(4,5)18(2,3)11-20/h7-10H,6,11-12,20H2,1-5H3. The number of nitrogens with two attached hydrogens (primary N) is 1. The van der Waals surface area contributed by atoms with Gasteiger partial charge < -0.3 is 19.6 Å². The zero-order chi connectivity index (χ0) is 19.4. The molecule has 0 bridgehead atoms. The van der Waals surface area contributed by atoms with Crippen molar-refractivity contribution < 1.29 is 18.7 Å². The maximum Gasteiger partial charge on any atom is 0.360 e. The molecule has 2 aromatic heterocycles. The van der Waals surface area contributed by atoms with Crippen molar-refractivity contribution in [1.29, 1.82) is 0 Å². The lowest BCUT2D eigenvalue weighted by atomic mass is 9.68. The number of carbonyl (C=O) groups excluding carboxylic acids is 1. The van der Waals surface area contributed by atoms with Crippen molar-refractivity contribution in [2.24, 2.45) is 16.6 Å². The lowest BCUT2D eigenvalue weighted by molar-refractivity contribution is 0.0519. The van der Waals surface area contributed by atoms with Crippen LogP contribution in [-0.4, -0.2) is 35.7 Å². The van der Waals surface area contributed by atoms with Crippen molar-refractivity contribution >= 4 is 5.97 Å². The second kappa shape index (κ2) is 7.86. The van der Waals surface area contributed by atoms with Gasteiger partial charge in [0.05, 0.1) is 25.0 Å². The van der Waals surface area contributed by atoms with E-state index in [1.807, 2.05) is 0 Å². The summed E-state index contributed by atoms with van der Waals surface area (Å²) in [7, 11) is 0. The van der Waals surface area contributed by atoms with Crippen LogP contribution in [0.3, 0.4) is 0 Å². The van der Waals surface area contributed by atoms with E-state index in [-0.39, 0.29) is 29.0 Å². The minimum absolute atomic E-state index is 0.102. The average molecular weight is 361 g/mol. The first kappa shape index (κ1) is 19.9. The van der Waals surface area contributed by atoms with Crippen LogP contribution in [0.2, 0.25) is 0 Å². The van der Waals surface area contributed by atoms with Gasteiger partial charge in [-0.05, 0) is 24.9 Å². The van der Waals surface area contributed by atoms with E-state index >= 15 is 0 Å². The molecule has 0 fully saturated rings. The first-order valence-corrected chi connectivity index (χ1v) is 8.61. The summed E-state index contributed by atoms with van der Waals surface area (Å²) in [5.74, 6) is 0.289. The zero-order valence-corrected chi connectivity index (χ0v) is 16.0. The largest absolute Gasteiger partial charge is 0.491 e. The number of carbonyl (C=O) groups is 1. The highest BCUT2D eigenvalue weighted by atomic mass is 16.5. The Balaban J connectivity index is 2.22. The van der Waals surface area contributed by atoms with Crippen molar-refractivity contribution in [2.75, 3.05) is 19.8 Å². The van der Waals surface area contributed by atoms with Crippen LogP contribution in [0.1, 0.15) is 45.1 Å². The Morgan fingerprint density at radius 2 is 2.00 bits per heavy atom. The number of pyridine rings is 1. The molecule has 0 atom stereocenters. The minimum atomic E-state index is -0.523. The Hall–Kier alpha value is -2.41. The van der Waals surface area contributed by atoms with E-state index < -0.39 is 5.97 Å². The highest BCUT2D eigenvalue weighted by Crippen LogP contribution is 2.39. The Morgan fingerprint density at radius 1 is 1.27 bits per heavy atom. The number of hydrogen-bond acceptors (Lipinski definition) is 7. The van der Waals surface area contributed by atoms with Gasteiger partial charge in [0.2, 0.25) is 5.89 Å². The van der Waals surface area contributed by atoms with E-state index in [0.717, 1.165) is 0 Å². The molecule has 2 aromatic rings. The first-order valence-electron chi connectivity index (χ1n) is 8.61. The van der Waals surface area contributed by atoms with Crippen molar-refractivity contribution in [3.63, 3.8) is 0 Å². The van der Waals surface area contributed by atoms with Gasteiger partial charge in [-0.15, -0.1) is 0 Å². The molecule has 7 nitrogen and oxygen atoms in total. The summed E-state index contributed by atoms with van der Waals surface area (Å²) in [5.41, 5.74) is 6.38. The van der Waals surface area contributed by atoms with E-state index in [1.54, 1.807) is 25.4 Å². The van der Waals surface area contributed by atoms with E-state index in [1.165, 1.54) is 6.26 Å². The van der Waals surface area contributed by atoms with E-state index in [4.69, 9.17) is 19.6 Å². The van der Waals surface area contributed by atoms with E-state index in [2.05, 4.69) is 37.7 Å². The molecular weight excluding hydrogens is 334 g/mol. The van der Waals surface area contributed by atoms with Crippen LogP contribution in [0.25, 0.3) is 11.5 Å². The summed E-state index contributed by atoms with van der Waals surface area (Å²) < 4.78 is 16.4. The van der Waals surface area contributed by atoms with Crippen LogP contribution in [0.5, 0.6) is 5.75 Å². The molecule has 0 spiro atoms. The quantitative estimate of drug-likeness (QED) is 0.720. The van der Waals surface area contributed by atoms with Crippen LogP contribution >= 0.6 is 0 Å². The number of rotatable bonds is 8. The number of esters is 1. The van der Waals surface area contributed by atoms with Crippen molar-refractivity contribution in [1.82, 2.24) is 9.97 Å². The highest BCUT2D eigenvalue weighted by molar-refractivity contribution is 5.87. The summed E-state index contributed by atoms with van der Waals surface area (Å²) in [5, 5.41) is 0. The van der Waals surface area contributed by atoms with Gasteiger partial charge in [0.1, 0.15) is 12.0 Å². The predicted octanol–water partition coefficient (Wildman–Crippen LogP) is 3.30. The summed E-state index contributed by atoms with van der Waals surface area (Å²) in [4.78, 5) is 20.1. The van der Waals surface area contributed by atoms with Crippen LogP contribution in [0, 0.1) is 10.8 Å². The third kappa shape index (κ3) is 4.22. The third-order valence-corrected chi connectivity index (χ3v) is 4.93. The Labute approximate surface area is 153 Å². The van der Waals surface area contributed by atoms with Crippen LogP contribution in [-0.2, 0) is 4.74 Å². The Bertz CT molecular complexity index is 753. The first-order chi connectivity index (χ1) is 12.2. The monoisotopic (exact) mass is 361 g/mol. The Kier molecular flexibility index (Phi) is 6.02. The molecule has 142 valence electrons. The molecule has 0 aliphatic carbocycles. The molecule has 0 aliphatic heterocycles. The molecule has 7 heteroatoms. The molecule has 2 N–H and O–H groups in total. The minimum Gasteiger partial charge on any atom is -0.491 e. The number of hydrogen-bond donors (Lipinski definition) is 1. The fraction of sp³-hybridized carbons (Fsp3) is 0.526. The number of nitrogens with zero attached hydrogens (tertiary/aromatic N) is 2. The lowest BCUT2D eigenvalue weighted by Crippen LogP contribution is -2.42. The second-order valence-corrected chi connectivity index (χ2v) is 7.39. The summed E-state index contributed by atoms with van der Waals surface area (Å²) in [6.45, 7) is 11.4. The molecule has 0 saturated heterocycles. The van der Waals surface area contributed by atoms with Gasteiger partial charge in [0.25, 0.3) is 0 Å². The van der Waals surface area contributed by atoms with Crippen molar-refractivity contribution in [2.45, 2.75) is 34.6 Å². The molecular formula is C19H27N3O4. The van der Waals surface area contributed by atoms with Crippen LogP contribution in [0.15, 0.2) is 29.1 Å². The maximum absolute atomic E-state index is 11.8. The van der Waals surface area contributed by atoms with Gasteiger partial charge in [-0.25, -0.2) is 9.78 Å². The molecule has 0 radical (unpaired) electrons. The lowest BCUT2D eigenvalue weighted by Gasteiger charge is -2.40. The van der Waals surface area contributed by atoms with Gasteiger partial charge in [-0.3, -0.25) is 4.98 Å². The molecule has 0 amide bonds. The van der Waals surface area contributed by atoms with Gasteiger partial charge in [-0.1, -0.05) is 27.7 Å². The average Bonchev–Trinajstić information content (AvgIpc) is 3.10. The number of oxazole rings is 1. The molecule has 2 heterocycles. The third-order valence-electron chi connectivity index (χ3n) is 4.93. The molecule has 0 aromatic carbocycles. The van der Waals surface area contributed by atoms with Crippen molar-refractivity contribution in [3.8, 4) is 17.2 Å². The van der Waals surface area contributed by atoms with Gasteiger partial charge in [-0.2, -0.15) is 0 Å². The second-order valence-electron chi connectivity index (χ2n) is 7.39. The van der Waals surface area contributed by atoms with Crippen LogP contribution in [0.4, 0.5) is 0 Å². The molecule has 2 rings (SSSR count). The normalized spacial score (nSPS) is 12.1. The molecule has 0 saturated carbocycles. The maximum atomic E-state index is 11.8. The van der Waals surface area contributed by atoms with Gasteiger partial charge in [0, 0.05) is 11.6 Å². The van der Waals surface area contributed by atoms with E-state index in [0.29, 0.717) is 24.5 Å².